The first-order valence-electron chi connectivity index (χ1n) is 7.30. The lowest BCUT2D eigenvalue weighted by molar-refractivity contribution is 0.0755. The summed E-state index contributed by atoms with van der Waals surface area (Å²) < 4.78 is 10.8. The van der Waals surface area contributed by atoms with Crippen LogP contribution in [0.1, 0.15) is 46.2 Å². The van der Waals surface area contributed by atoms with E-state index in [1.807, 2.05) is 27.0 Å². The topological polar surface area (TPSA) is 59.5 Å². The van der Waals surface area contributed by atoms with Crippen molar-refractivity contribution in [3.8, 4) is 0 Å². The van der Waals surface area contributed by atoms with Crippen LogP contribution < -0.4 is 0 Å². The quantitative estimate of drug-likeness (QED) is 0.848. The van der Waals surface area contributed by atoms with Crippen molar-refractivity contribution in [1.29, 1.82) is 0 Å². The normalized spacial score (nSPS) is 14.4. The van der Waals surface area contributed by atoms with Gasteiger partial charge in [-0.05, 0) is 44.7 Å². The van der Waals surface area contributed by atoms with Crippen molar-refractivity contribution in [2.75, 3.05) is 13.6 Å². The average molecular weight is 288 g/mol. The number of hydrogen-bond acceptors (Lipinski definition) is 4. The number of hydrogen-bond donors (Lipinski definition) is 0. The highest BCUT2D eigenvalue weighted by atomic mass is 16.5. The molecule has 112 valence electrons. The van der Waals surface area contributed by atoms with E-state index in [2.05, 4.69) is 5.16 Å². The van der Waals surface area contributed by atoms with Gasteiger partial charge < -0.3 is 13.8 Å². The predicted molar refractivity (Wildman–Crippen MR) is 77.2 cm³/mol. The zero-order valence-corrected chi connectivity index (χ0v) is 12.7. The van der Waals surface area contributed by atoms with Gasteiger partial charge in [-0.25, -0.2) is 0 Å². The second-order valence-corrected chi connectivity index (χ2v) is 5.87. The lowest BCUT2D eigenvalue weighted by Gasteiger charge is -2.14. The van der Waals surface area contributed by atoms with Crippen molar-refractivity contribution in [1.82, 2.24) is 10.1 Å². The van der Waals surface area contributed by atoms with Crippen LogP contribution in [0.25, 0.3) is 0 Å². The minimum absolute atomic E-state index is 0.0492. The molecule has 2 heterocycles. The molecule has 0 spiro atoms. The van der Waals surface area contributed by atoms with E-state index in [-0.39, 0.29) is 5.91 Å². The number of nitrogens with zero attached hydrogens (tertiary/aromatic N) is 2. The number of carbonyl (C=O) groups is 1. The third-order valence-electron chi connectivity index (χ3n) is 3.98. The summed E-state index contributed by atoms with van der Waals surface area (Å²) in [6, 6.07) is 3.60. The van der Waals surface area contributed by atoms with Gasteiger partial charge in [-0.1, -0.05) is 5.16 Å². The molecule has 21 heavy (non-hydrogen) atoms. The molecule has 1 aliphatic rings. The number of aromatic nitrogens is 1. The summed E-state index contributed by atoms with van der Waals surface area (Å²) in [4.78, 5) is 14.0. The lowest BCUT2D eigenvalue weighted by Crippen LogP contribution is -2.28. The van der Waals surface area contributed by atoms with E-state index < -0.39 is 0 Å². The van der Waals surface area contributed by atoms with Crippen molar-refractivity contribution in [3.05, 3.63) is 40.7 Å². The second-order valence-electron chi connectivity index (χ2n) is 5.87. The average Bonchev–Trinajstić information content (AvgIpc) is 3.06. The van der Waals surface area contributed by atoms with Crippen molar-refractivity contribution in [2.45, 2.75) is 33.1 Å². The Balaban J connectivity index is 1.69. The van der Waals surface area contributed by atoms with Gasteiger partial charge >= 0.3 is 0 Å². The molecule has 0 bridgehead atoms. The smallest absolute Gasteiger partial charge is 0.289 e. The van der Waals surface area contributed by atoms with Gasteiger partial charge in [0.25, 0.3) is 5.91 Å². The Morgan fingerprint density at radius 3 is 2.76 bits per heavy atom. The van der Waals surface area contributed by atoms with Gasteiger partial charge in [-0.15, -0.1) is 0 Å². The molecule has 0 unspecified atom stereocenters. The molecule has 0 aliphatic heterocycles. The monoisotopic (exact) mass is 288 g/mol. The number of carbonyl (C=O) groups excluding carboxylic acids is 1. The largest absolute Gasteiger partial charge is 0.456 e. The summed E-state index contributed by atoms with van der Waals surface area (Å²) in [7, 11) is 1.83. The van der Waals surface area contributed by atoms with E-state index in [0.29, 0.717) is 18.1 Å². The van der Waals surface area contributed by atoms with E-state index in [4.69, 9.17) is 8.94 Å². The minimum Gasteiger partial charge on any atom is -0.456 e. The van der Waals surface area contributed by atoms with Crippen LogP contribution in [0.3, 0.4) is 0 Å². The molecule has 1 saturated carbocycles. The highest BCUT2D eigenvalue weighted by Crippen LogP contribution is 2.29. The molecule has 5 nitrogen and oxygen atoms in total. The van der Waals surface area contributed by atoms with E-state index >= 15 is 0 Å². The maximum Gasteiger partial charge on any atom is 0.289 e. The van der Waals surface area contributed by atoms with E-state index in [1.165, 1.54) is 12.8 Å². The van der Waals surface area contributed by atoms with Crippen LogP contribution in [0.5, 0.6) is 0 Å². The van der Waals surface area contributed by atoms with Crippen molar-refractivity contribution < 1.29 is 13.7 Å². The van der Waals surface area contributed by atoms with Crippen LogP contribution in [-0.4, -0.2) is 29.6 Å². The van der Waals surface area contributed by atoms with Gasteiger partial charge in [0.1, 0.15) is 11.5 Å². The SMILES string of the molecule is Cc1noc(C)c1Cc1ccc(C(=O)N(C)CC2CC2)o1. The number of rotatable bonds is 5. The first kappa shape index (κ1) is 13.9. The third-order valence-corrected chi connectivity index (χ3v) is 3.98. The molecule has 0 N–H and O–H groups in total. The second kappa shape index (κ2) is 5.39. The molecule has 0 atom stereocenters. The molecule has 0 saturated heterocycles. The molecule has 0 radical (unpaired) electrons. The van der Waals surface area contributed by atoms with Crippen molar-refractivity contribution in [3.63, 3.8) is 0 Å². The van der Waals surface area contributed by atoms with Crippen LogP contribution in [0, 0.1) is 19.8 Å². The molecular formula is C16H20N2O3. The molecular weight excluding hydrogens is 268 g/mol. The van der Waals surface area contributed by atoms with Gasteiger partial charge in [-0.2, -0.15) is 0 Å². The van der Waals surface area contributed by atoms with Crippen LogP contribution in [-0.2, 0) is 6.42 Å². The van der Waals surface area contributed by atoms with Gasteiger partial charge in [0, 0.05) is 25.6 Å². The summed E-state index contributed by atoms with van der Waals surface area (Å²) in [5.41, 5.74) is 1.89. The molecule has 1 fully saturated rings. The van der Waals surface area contributed by atoms with Crippen LogP contribution in [0.2, 0.25) is 0 Å². The van der Waals surface area contributed by atoms with E-state index in [1.54, 1.807) is 11.0 Å². The molecule has 2 aromatic rings. The van der Waals surface area contributed by atoms with E-state index in [0.717, 1.165) is 29.3 Å². The number of furan rings is 1. The lowest BCUT2D eigenvalue weighted by atomic mass is 10.1. The van der Waals surface area contributed by atoms with Gasteiger partial charge in [0.15, 0.2) is 5.76 Å². The number of aryl methyl sites for hydroxylation is 2. The predicted octanol–water partition coefficient (Wildman–Crippen LogP) is 2.96. The highest BCUT2D eigenvalue weighted by Gasteiger charge is 2.26. The zero-order chi connectivity index (χ0) is 15.0. The Bertz CT molecular complexity index is 633. The Kier molecular flexibility index (Phi) is 3.57. The molecule has 3 rings (SSSR count). The highest BCUT2D eigenvalue weighted by molar-refractivity contribution is 5.91. The summed E-state index contributed by atoms with van der Waals surface area (Å²) >= 11 is 0. The standard InChI is InChI=1S/C16H20N2O3/c1-10-14(11(2)21-17-10)8-13-6-7-15(20-13)16(19)18(3)9-12-4-5-12/h6-7,12H,4-5,8-9H2,1-3H3. The Labute approximate surface area is 123 Å². The van der Waals surface area contributed by atoms with Gasteiger partial charge in [0.05, 0.1) is 5.69 Å². The fraction of sp³-hybridized carbons (Fsp3) is 0.500. The maximum absolute atomic E-state index is 12.3. The molecule has 5 heteroatoms. The van der Waals surface area contributed by atoms with Crippen LogP contribution in [0.4, 0.5) is 0 Å². The first-order valence-corrected chi connectivity index (χ1v) is 7.30. The Morgan fingerprint density at radius 2 is 2.14 bits per heavy atom. The summed E-state index contributed by atoms with van der Waals surface area (Å²) in [5, 5.41) is 3.93. The molecule has 2 aromatic heterocycles. The fourth-order valence-corrected chi connectivity index (χ4v) is 2.48. The summed E-state index contributed by atoms with van der Waals surface area (Å²) in [6.07, 6.45) is 3.06. The summed E-state index contributed by atoms with van der Waals surface area (Å²) in [5.74, 6) is 2.58. The van der Waals surface area contributed by atoms with Crippen molar-refractivity contribution >= 4 is 5.91 Å². The van der Waals surface area contributed by atoms with Crippen LogP contribution >= 0.6 is 0 Å². The summed E-state index contributed by atoms with van der Waals surface area (Å²) in [6.45, 7) is 4.61. The molecule has 0 aromatic carbocycles. The Morgan fingerprint density at radius 1 is 1.38 bits per heavy atom. The van der Waals surface area contributed by atoms with Crippen molar-refractivity contribution in [2.24, 2.45) is 5.92 Å². The van der Waals surface area contributed by atoms with Gasteiger partial charge in [-0.3, -0.25) is 4.79 Å². The number of amides is 1. The zero-order valence-electron chi connectivity index (χ0n) is 12.7. The van der Waals surface area contributed by atoms with Gasteiger partial charge in [0.2, 0.25) is 0 Å². The van der Waals surface area contributed by atoms with E-state index in [9.17, 15) is 4.79 Å². The third kappa shape index (κ3) is 3.01. The molecule has 1 aliphatic carbocycles. The first-order chi connectivity index (χ1) is 10.0. The minimum atomic E-state index is -0.0492. The maximum atomic E-state index is 12.3. The fourth-order valence-electron chi connectivity index (χ4n) is 2.48. The Hall–Kier alpha value is -2.04. The van der Waals surface area contributed by atoms with Crippen LogP contribution in [0.15, 0.2) is 21.1 Å². The molecule has 1 amide bonds.